The van der Waals surface area contributed by atoms with Crippen molar-refractivity contribution in [3.63, 3.8) is 0 Å². The molecule has 0 aliphatic heterocycles. The minimum Gasteiger partial charge on any atom is -0.481 e. The molecule has 1 N–H and O–H groups in total. The van der Waals surface area contributed by atoms with Crippen LogP contribution in [0, 0.1) is 12.1 Å². The van der Waals surface area contributed by atoms with Crippen molar-refractivity contribution in [2.75, 3.05) is 0 Å². The van der Waals surface area contributed by atoms with Crippen molar-refractivity contribution in [3.8, 4) is 0 Å². The van der Waals surface area contributed by atoms with Gasteiger partial charge in [0, 0.05) is 18.0 Å². The molecule has 3 rings (SSSR count). The lowest BCUT2D eigenvalue weighted by atomic mass is 10.1. The number of rotatable bonds is 5. The van der Waals surface area contributed by atoms with E-state index in [-0.39, 0.29) is 6.42 Å². The standard InChI is InChI=1S/C17H13NO3S/c19-17(20)11-10-13-12-18(16-9-5-4-8-15(13)16)22(21)14-6-2-1-3-7-14/h1-2,4-6,8-9,12H,10-11H2,(H,19,20). The Balaban J connectivity index is 2.06. The smallest absolute Gasteiger partial charge is 0.303 e. The molecule has 4 nitrogen and oxygen atoms in total. The van der Waals surface area contributed by atoms with Gasteiger partial charge in [0.1, 0.15) is 4.90 Å². The van der Waals surface area contributed by atoms with Crippen molar-refractivity contribution in [1.82, 2.24) is 3.97 Å². The third-order valence-corrected chi connectivity index (χ3v) is 4.63. The van der Waals surface area contributed by atoms with Gasteiger partial charge in [-0.15, -0.1) is 0 Å². The number of para-hydroxylation sites is 1. The summed E-state index contributed by atoms with van der Waals surface area (Å²) in [7, 11) is -1.43. The second-order valence-corrected chi connectivity index (χ2v) is 6.13. The topological polar surface area (TPSA) is 59.3 Å². The van der Waals surface area contributed by atoms with Gasteiger partial charge in [0.25, 0.3) is 0 Å². The highest BCUT2D eigenvalue weighted by molar-refractivity contribution is 7.83. The monoisotopic (exact) mass is 311 g/mol. The van der Waals surface area contributed by atoms with E-state index in [1.165, 1.54) is 0 Å². The van der Waals surface area contributed by atoms with Gasteiger partial charge >= 0.3 is 5.97 Å². The van der Waals surface area contributed by atoms with Crippen molar-refractivity contribution in [3.05, 3.63) is 66.4 Å². The van der Waals surface area contributed by atoms with Gasteiger partial charge < -0.3 is 5.11 Å². The number of aryl methyl sites for hydroxylation is 1. The molecule has 22 heavy (non-hydrogen) atoms. The minimum atomic E-state index is -1.43. The van der Waals surface area contributed by atoms with Crippen LogP contribution in [-0.4, -0.2) is 19.3 Å². The highest BCUT2D eigenvalue weighted by Gasteiger charge is 2.14. The Morgan fingerprint density at radius 1 is 1.23 bits per heavy atom. The molecule has 1 aromatic heterocycles. The van der Waals surface area contributed by atoms with Crippen molar-refractivity contribution in [2.24, 2.45) is 0 Å². The molecule has 110 valence electrons. The molecule has 0 amide bonds. The summed E-state index contributed by atoms with van der Waals surface area (Å²) in [6.45, 7) is 0. The maximum Gasteiger partial charge on any atom is 0.303 e. The van der Waals surface area contributed by atoms with Gasteiger partial charge in [-0.2, -0.15) is 0 Å². The average Bonchev–Trinajstić information content (AvgIpc) is 2.92. The fourth-order valence-corrected chi connectivity index (χ4v) is 3.46. The Hall–Kier alpha value is -2.58. The van der Waals surface area contributed by atoms with Gasteiger partial charge in [-0.25, -0.2) is 4.21 Å². The number of fused-ring (bicyclic) bond motifs is 1. The molecule has 2 aromatic carbocycles. The van der Waals surface area contributed by atoms with E-state index in [4.69, 9.17) is 5.11 Å². The van der Waals surface area contributed by atoms with Crippen LogP contribution in [0.3, 0.4) is 0 Å². The Labute approximate surface area is 130 Å². The zero-order valence-corrected chi connectivity index (χ0v) is 12.5. The van der Waals surface area contributed by atoms with Gasteiger partial charge in [0.15, 0.2) is 11.0 Å². The van der Waals surface area contributed by atoms with Crippen molar-refractivity contribution < 1.29 is 14.1 Å². The molecule has 3 aromatic rings. The second-order valence-electron chi connectivity index (χ2n) is 4.80. The lowest BCUT2D eigenvalue weighted by Crippen LogP contribution is -2.03. The maximum atomic E-state index is 12.7. The van der Waals surface area contributed by atoms with E-state index in [9.17, 15) is 9.00 Å². The average molecular weight is 311 g/mol. The van der Waals surface area contributed by atoms with Crippen LogP contribution in [0.25, 0.3) is 10.9 Å². The van der Waals surface area contributed by atoms with E-state index >= 15 is 0 Å². The summed E-state index contributed by atoms with van der Waals surface area (Å²) in [5.41, 5.74) is 1.70. The first kappa shape index (κ1) is 14.4. The van der Waals surface area contributed by atoms with Gasteiger partial charge in [-0.05, 0) is 30.2 Å². The third kappa shape index (κ3) is 2.74. The van der Waals surface area contributed by atoms with Crippen LogP contribution in [0.4, 0.5) is 0 Å². The summed E-state index contributed by atoms with van der Waals surface area (Å²) in [6.07, 6.45) is 2.22. The van der Waals surface area contributed by atoms with Crippen LogP contribution in [0.2, 0.25) is 0 Å². The molecule has 1 atom stereocenters. The van der Waals surface area contributed by atoms with Crippen molar-refractivity contribution in [2.45, 2.75) is 17.7 Å². The summed E-state index contributed by atoms with van der Waals surface area (Å²) in [5, 5.41) is 9.79. The molecular formula is C17H13NO3S. The fraction of sp³-hybridized carbons (Fsp3) is 0.118. The lowest BCUT2D eigenvalue weighted by molar-refractivity contribution is -0.136. The number of aliphatic carboxylic acids is 1. The van der Waals surface area contributed by atoms with E-state index in [0.717, 1.165) is 16.5 Å². The summed E-state index contributed by atoms with van der Waals surface area (Å²) < 4.78 is 14.4. The number of nitrogens with zero attached hydrogens (tertiary/aromatic N) is 1. The third-order valence-electron chi connectivity index (χ3n) is 3.36. The molecule has 0 bridgehead atoms. The van der Waals surface area contributed by atoms with Crippen molar-refractivity contribution >= 4 is 27.9 Å². The quantitative estimate of drug-likeness (QED) is 0.788. The predicted octanol–water partition coefficient (Wildman–Crippen LogP) is 2.83. The molecule has 0 fully saturated rings. The molecule has 0 spiro atoms. The first-order valence-corrected chi connectivity index (χ1v) is 7.89. The Morgan fingerprint density at radius 3 is 2.77 bits per heavy atom. The fourth-order valence-electron chi connectivity index (χ4n) is 2.34. The molecular weight excluding hydrogens is 298 g/mol. The molecule has 0 saturated carbocycles. The normalized spacial score (nSPS) is 12.0. The van der Waals surface area contributed by atoms with E-state index in [2.05, 4.69) is 12.1 Å². The second kappa shape index (κ2) is 6.04. The largest absolute Gasteiger partial charge is 0.481 e. The summed E-state index contributed by atoms with van der Waals surface area (Å²) in [6, 6.07) is 18.4. The Morgan fingerprint density at radius 2 is 2.05 bits per heavy atom. The van der Waals surface area contributed by atoms with E-state index in [1.807, 2.05) is 24.3 Å². The lowest BCUT2D eigenvalue weighted by Gasteiger charge is -2.02. The number of carbonyl (C=O) groups is 1. The van der Waals surface area contributed by atoms with Crippen LogP contribution >= 0.6 is 0 Å². The van der Waals surface area contributed by atoms with Gasteiger partial charge in [0.2, 0.25) is 0 Å². The van der Waals surface area contributed by atoms with E-state index in [1.54, 1.807) is 28.4 Å². The first-order valence-electron chi connectivity index (χ1n) is 6.78. The van der Waals surface area contributed by atoms with Crippen LogP contribution in [0.15, 0.2) is 53.6 Å². The Bertz CT molecular complexity index is 839. The van der Waals surface area contributed by atoms with Gasteiger partial charge in [0.05, 0.1) is 5.52 Å². The van der Waals surface area contributed by atoms with Crippen molar-refractivity contribution in [1.29, 1.82) is 0 Å². The molecule has 0 aliphatic rings. The molecule has 0 aliphatic carbocycles. The summed E-state index contributed by atoms with van der Waals surface area (Å²) >= 11 is 0. The Kier molecular flexibility index (Phi) is 3.94. The number of carboxylic acids is 1. The minimum absolute atomic E-state index is 0.0475. The van der Waals surface area contributed by atoms with Crippen LogP contribution in [0.5, 0.6) is 0 Å². The first-order chi connectivity index (χ1) is 10.7. The molecule has 0 radical (unpaired) electrons. The zero-order chi connectivity index (χ0) is 15.5. The predicted molar refractivity (Wildman–Crippen MR) is 83.8 cm³/mol. The number of aromatic nitrogens is 1. The number of hydrogen-bond acceptors (Lipinski definition) is 2. The number of carboxylic acid groups (broad SMARTS) is 1. The summed E-state index contributed by atoms with van der Waals surface area (Å²) in [4.78, 5) is 11.3. The van der Waals surface area contributed by atoms with Crippen LogP contribution in [0.1, 0.15) is 12.0 Å². The highest BCUT2D eigenvalue weighted by Crippen LogP contribution is 2.24. The van der Waals surface area contributed by atoms with Gasteiger partial charge in [-0.3, -0.25) is 8.77 Å². The molecule has 1 unspecified atom stereocenters. The van der Waals surface area contributed by atoms with E-state index in [0.29, 0.717) is 11.3 Å². The van der Waals surface area contributed by atoms with Gasteiger partial charge in [-0.1, -0.05) is 36.4 Å². The van der Waals surface area contributed by atoms with Crippen LogP contribution in [-0.2, 0) is 22.2 Å². The van der Waals surface area contributed by atoms with Crippen LogP contribution < -0.4 is 0 Å². The zero-order valence-electron chi connectivity index (χ0n) is 11.7. The maximum absolute atomic E-state index is 12.7. The SMILES string of the molecule is O=C(O)CCc1cn(S(=O)c2c#cccc2)c2ccccc12. The van der Waals surface area contributed by atoms with E-state index < -0.39 is 17.0 Å². The summed E-state index contributed by atoms with van der Waals surface area (Å²) in [5.74, 6) is -0.844. The molecule has 1 heterocycles. The number of benzene rings is 1. The molecule has 0 saturated heterocycles. The number of hydrogen-bond donors (Lipinski definition) is 1. The highest BCUT2D eigenvalue weighted by atomic mass is 32.2. The molecule has 5 heteroatoms.